The van der Waals surface area contributed by atoms with Crippen molar-refractivity contribution in [2.45, 2.75) is 25.9 Å². The summed E-state index contributed by atoms with van der Waals surface area (Å²) in [6, 6.07) is 6.78. The Balaban J connectivity index is 1.67. The molecule has 2 aromatic heterocycles. The summed E-state index contributed by atoms with van der Waals surface area (Å²) in [5.41, 5.74) is 0.966. The van der Waals surface area contributed by atoms with E-state index in [1.54, 1.807) is 46.2 Å². The van der Waals surface area contributed by atoms with Crippen LogP contribution in [0.5, 0.6) is 0 Å². The van der Waals surface area contributed by atoms with Crippen LogP contribution in [0, 0.1) is 0 Å². The van der Waals surface area contributed by atoms with E-state index in [0.717, 1.165) is 10.0 Å². The topological polar surface area (TPSA) is 64.7 Å². The van der Waals surface area contributed by atoms with E-state index in [0.29, 0.717) is 28.8 Å². The predicted molar refractivity (Wildman–Crippen MR) is 106 cm³/mol. The highest BCUT2D eigenvalue weighted by Gasteiger charge is 2.20. The smallest absolute Gasteiger partial charge is 0.250 e. The molecule has 2 heterocycles. The van der Waals surface area contributed by atoms with E-state index in [2.05, 4.69) is 31.4 Å². The standard InChI is InChI=1S/C17H16BrCl2N5O/c1-2-15(25-10-12(18)8-21-25)17(26)22-16-5-6-24(23-16)9-11-3-4-13(19)14(20)7-11/h3-8,10,15H,2,9H2,1H3,(H,22,23,26). The van der Waals surface area contributed by atoms with Gasteiger partial charge in [0.25, 0.3) is 0 Å². The minimum atomic E-state index is -0.401. The molecule has 3 aromatic rings. The van der Waals surface area contributed by atoms with Gasteiger partial charge in [0.15, 0.2) is 5.82 Å². The van der Waals surface area contributed by atoms with Gasteiger partial charge in [0.05, 0.1) is 27.3 Å². The number of carbonyl (C=O) groups excluding carboxylic acids is 1. The zero-order chi connectivity index (χ0) is 18.7. The number of hydrogen-bond acceptors (Lipinski definition) is 3. The van der Waals surface area contributed by atoms with Gasteiger partial charge in [-0.15, -0.1) is 0 Å². The Kier molecular flexibility index (Phi) is 6.01. The van der Waals surface area contributed by atoms with Gasteiger partial charge >= 0.3 is 0 Å². The van der Waals surface area contributed by atoms with Crippen molar-refractivity contribution in [2.75, 3.05) is 5.32 Å². The minimum absolute atomic E-state index is 0.164. The SMILES string of the molecule is CCC(C(=O)Nc1ccn(Cc2ccc(Cl)c(Cl)c2)n1)n1cc(Br)cn1. The van der Waals surface area contributed by atoms with Gasteiger partial charge in [0, 0.05) is 18.5 Å². The summed E-state index contributed by atoms with van der Waals surface area (Å²) in [6.07, 6.45) is 5.84. The Bertz CT molecular complexity index is 924. The lowest BCUT2D eigenvalue weighted by molar-refractivity contribution is -0.119. The summed E-state index contributed by atoms with van der Waals surface area (Å²) >= 11 is 15.3. The zero-order valence-electron chi connectivity index (χ0n) is 13.9. The second-order valence-corrected chi connectivity index (χ2v) is 7.43. The molecule has 0 bridgehead atoms. The molecule has 1 atom stereocenters. The molecule has 0 fully saturated rings. The fraction of sp³-hybridized carbons (Fsp3) is 0.235. The molecule has 9 heteroatoms. The molecule has 136 valence electrons. The molecule has 26 heavy (non-hydrogen) atoms. The van der Waals surface area contributed by atoms with E-state index in [-0.39, 0.29) is 5.91 Å². The number of anilines is 1. The average Bonchev–Trinajstić information content (AvgIpc) is 3.21. The normalized spacial score (nSPS) is 12.2. The van der Waals surface area contributed by atoms with Crippen molar-refractivity contribution in [2.24, 2.45) is 0 Å². The first-order chi connectivity index (χ1) is 12.5. The quantitative estimate of drug-likeness (QED) is 0.580. The van der Waals surface area contributed by atoms with Crippen molar-refractivity contribution >= 4 is 50.9 Å². The summed E-state index contributed by atoms with van der Waals surface area (Å²) in [4.78, 5) is 12.5. The van der Waals surface area contributed by atoms with Gasteiger partial charge in [-0.2, -0.15) is 10.2 Å². The average molecular weight is 457 g/mol. The molecule has 1 unspecified atom stereocenters. The van der Waals surface area contributed by atoms with E-state index >= 15 is 0 Å². The highest BCUT2D eigenvalue weighted by atomic mass is 79.9. The molecule has 0 aliphatic carbocycles. The molecule has 3 rings (SSSR count). The third kappa shape index (κ3) is 4.47. The Hall–Kier alpha value is -1.83. The van der Waals surface area contributed by atoms with Crippen LogP contribution in [-0.4, -0.2) is 25.5 Å². The number of carbonyl (C=O) groups is 1. The molecule has 1 amide bonds. The first-order valence-electron chi connectivity index (χ1n) is 7.94. The van der Waals surface area contributed by atoms with Crippen LogP contribution in [-0.2, 0) is 11.3 Å². The van der Waals surface area contributed by atoms with Gasteiger partial charge in [-0.25, -0.2) is 0 Å². The van der Waals surface area contributed by atoms with Gasteiger partial charge in [-0.3, -0.25) is 14.2 Å². The number of nitrogens with zero attached hydrogens (tertiary/aromatic N) is 4. The van der Waals surface area contributed by atoms with Crippen LogP contribution in [0.15, 0.2) is 47.3 Å². The molecule has 0 spiro atoms. The molecular formula is C17H16BrCl2N5O. The lowest BCUT2D eigenvalue weighted by Gasteiger charge is -2.14. The van der Waals surface area contributed by atoms with Crippen molar-refractivity contribution in [3.63, 3.8) is 0 Å². The van der Waals surface area contributed by atoms with Crippen LogP contribution < -0.4 is 5.32 Å². The van der Waals surface area contributed by atoms with Crippen molar-refractivity contribution in [1.29, 1.82) is 0 Å². The largest absolute Gasteiger partial charge is 0.307 e. The second kappa shape index (κ2) is 8.24. The van der Waals surface area contributed by atoms with Crippen LogP contribution >= 0.6 is 39.1 Å². The van der Waals surface area contributed by atoms with E-state index in [4.69, 9.17) is 23.2 Å². The number of halogens is 3. The Morgan fingerprint density at radius 3 is 2.77 bits per heavy atom. The predicted octanol–water partition coefficient (Wildman–Crippen LogP) is 4.79. The number of nitrogens with one attached hydrogen (secondary N) is 1. The van der Waals surface area contributed by atoms with Crippen LogP contribution in [0.2, 0.25) is 10.0 Å². The molecule has 0 radical (unpaired) electrons. The fourth-order valence-electron chi connectivity index (χ4n) is 2.53. The third-order valence-corrected chi connectivity index (χ3v) is 4.95. The van der Waals surface area contributed by atoms with E-state index in [1.807, 2.05) is 13.0 Å². The third-order valence-electron chi connectivity index (χ3n) is 3.80. The van der Waals surface area contributed by atoms with Crippen molar-refractivity contribution in [3.8, 4) is 0 Å². The maximum atomic E-state index is 12.5. The summed E-state index contributed by atoms with van der Waals surface area (Å²) in [6.45, 7) is 2.46. The van der Waals surface area contributed by atoms with Crippen LogP contribution in [0.25, 0.3) is 0 Å². The maximum Gasteiger partial charge on any atom is 0.250 e. The number of hydrogen-bond donors (Lipinski definition) is 1. The maximum absolute atomic E-state index is 12.5. The van der Waals surface area contributed by atoms with Crippen LogP contribution in [0.3, 0.4) is 0 Å². The fourth-order valence-corrected chi connectivity index (χ4v) is 3.15. The second-order valence-electron chi connectivity index (χ2n) is 5.70. The van der Waals surface area contributed by atoms with Crippen molar-refractivity contribution in [3.05, 3.63) is 62.9 Å². The van der Waals surface area contributed by atoms with Crippen molar-refractivity contribution in [1.82, 2.24) is 19.6 Å². The Morgan fingerprint density at radius 1 is 1.31 bits per heavy atom. The van der Waals surface area contributed by atoms with E-state index in [1.165, 1.54) is 0 Å². The molecule has 0 aliphatic rings. The Labute approximate surface area is 169 Å². The molecule has 6 nitrogen and oxygen atoms in total. The van der Waals surface area contributed by atoms with Gasteiger partial charge in [-0.1, -0.05) is 36.2 Å². The molecule has 1 aromatic carbocycles. The molecule has 0 saturated heterocycles. The monoisotopic (exact) mass is 455 g/mol. The highest BCUT2D eigenvalue weighted by Crippen LogP contribution is 2.23. The van der Waals surface area contributed by atoms with Crippen LogP contribution in [0.4, 0.5) is 5.82 Å². The molecule has 1 N–H and O–H groups in total. The lowest BCUT2D eigenvalue weighted by Crippen LogP contribution is -2.26. The number of aromatic nitrogens is 4. The summed E-state index contributed by atoms with van der Waals surface area (Å²) in [5.74, 6) is 0.322. The van der Waals surface area contributed by atoms with Gasteiger partial charge in [0.1, 0.15) is 6.04 Å². The van der Waals surface area contributed by atoms with Gasteiger partial charge < -0.3 is 5.32 Å². The highest BCUT2D eigenvalue weighted by molar-refractivity contribution is 9.10. The molecule has 0 aliphatic heterocycles. The zero-order valence-corrected chi connectivity index (χ0v) is 17.0. The summed E-state index contributed by atoms with van der Waals surface area (Å²) in [5, 5.41) is 12.4. The lowest BCUT2D eigenvalue weighted by atomic mass is 10.2. The summed E-state index contributed by atoms with van der Waals surface area (Å²) in [7, 11) is 0. The molecule has 0 saturated carbocycles. The minimum Gasteiger partial charge on any atom is -0.307 e. The van der Waals surface area contributed by atoms with E-state index < -0.39 is 6.04 Å². The first-order valence-corrected chi connectivity index (χ1v) is 9.49. The van der Waals surface area contributed by atoms with E-state index in [9.17, 15) is 4.79 Å². The number of benzene rings is 1. The summed E-state index contributed by atoms with van der Waals surface area (Å²) < 4.78 is 4.18. The van der Waals surface area contributed by atoms with Crippen LogP contribution in [0.1, 0.15) is 24.9 Å². The number of rotatable bonds is 6. The molecular weight excluding hydrogens is 441 g/mol. The first kappa shape index (κ1) is 18.9. The van der Waals surface area contributed by atoms with Gasteiger partial charge in [-0.05, 0) is 40.0 Å². The van der Waals surface area contributed by atoms with Crippen molar-refractivity contribution < 1.29 is 4.79 Å². The number of amides is 1. The Morgan fingerprint density at radius 2 is 2.12 bits per heavy atom. The van der Waals surface area contributed by atoms with Gasteiger partial charge in [0.2, 0.25) is 5.91 Å².